The van der Waals surface area contributed by atoms with E-state index in [-0.39, 0.29) is 0 Å². The third kappa shape index (κ3) is 1.83. The number of amides is 1. The highest BCUT2D eigenvalue weighted by Crippen LogP contribution is 2.14. The van der Waals surface area contributed by atoms with E-state index in [1.165, 1.54) is 7.11 Å². The Bertz CT molecular complexity index is 258. The Kier molecular flexibility index (Phi) is 2.82. The van der Waals surface area contributed by atoms with Crippen molar-refractivity contribution in [1.82, 2.24) is 0 Å². The Morgan fingerprint density at radius 1 is 1.42 bits per heavy atom. The summed E-state index contributed by atoms with van der Waals surface area (Å²) in [6.07, 6.45) is -0.633. The van der Waals surface area contributed by atoms with Crippen LogP contribution in [0.5, 0.6) is 0 Å². The van der Waals surface area contributed by atoms with Gasteiger partial charge in [0.25, 0.3) is 5.91 Å². The van der Waals surface area contributed by atoms with Crippen molar-refractivity contribution in [3.63, 3.8) is 0 Å². The van der Waals surface area contributed by atoms with E-state index in [0.29, 0.717) is 0 Å². The van der Waals surface area contributed by atoms with E-state index >= 15 is 0 Å². The fourth-order valence-corrected chi connectivity index (χ4v) is 1.04. The molecule has 0 saturated heterocycles. The largest absolute Gasteiger partial charge is 0.367 e. The van der Waals surface area contributed by atoms with Gasteiger partial charge in [-0.15, -0.1) is 0 Å². The summed E-state index contributed by atoms with van der Waals surface area (Å²) in [7, 11) is 1.46. The van der Waals surface area contributed by atoms with Crippen molar-refractivity contribution in [1.29, 1.82) is 0 Å². The Labute approximate surface area is 71.1 Å². The number of ether oxygens (including phenoxy) is 1. The van der Waals surface area contributed by atoms with Crippen molar-refractivity contribution < 1.29 is 9.53 Å². The van der Waals surface area contributed by atoms with Gasteiger partial charge in [0.1, 0.15) is 0 Å². The first-order valence-electron chi connectivity index (χ1n) is 3.62. The minimum atomic E-state index is -0.633. The quantitative estimate of drug-likeness (QED) is 0.722. The van der Waals surface area contributed by atoms with Crippen LogP contribution in [0.25, 0.3) is 0 Å². The smallest absolute Gasteiger partial charge is 0.251 e. The van der Waals surface area contributed by atoms with E-state index in [1.54, 1.807) is 12.1 Å². The standard InChI is InChI=1S/C9H11NO2/c1-12-8(9(10)11)7-5-3-2-4-6-7/h2-6,8H,1H3,(H2,10,11)/t8-/m0/s1. The average molecular weight is 165 g/mol. The highest BCUT2D eigenvalue weighted by atomic mass is 16.5. The van der Waals surface area contributed by atoms with Crippen molar-refractivity contribution in [3.8, 4) is 0 Å². The molecule has 1 atom stereocenters. The normalized spacial score (nSPS) is 12.4. The van der Waals surface area contributed by atoms with Gasteiger partial charge < -0.3 is 10.5 Å². The summed E-state index contributed by atoms with van der Waals surface area (Å²) in [6, 6.07) is 9.16. The number of benzene rings is 1. The van der Waals surface area contributed by atoms with Crippen LogP contribution in [0.1, 0.15) is 11.7 Å². The molecule has 64 valence electrons. The molecule has 1 aromatic rings. The van der Waals surface area contributed by atoms with Crippen LogP contribution in [0.4, 0.5) is 0 Å². The molecule has 0 aliphatic rings. The summed E-state index contributed by atoms with van der Waals surface area (Å²) < 4.78 is 4.92. The highest BCUT2D eigenvalue weighted by Gasteiger charge is 2.15. The van der Waals surface area contributed by atoms with Gasteiger partial charge in [0.15, 0.2) is 6.10 Å². The van der Waals surface area contributed by atoms with Gasteiger partial charge in [0.2, 0.25) is 0 Å². The molecule has 0 bridgehead atoms. The van der Waals surface area contributed by atoms with Crippen molar-refractivity contribution in [2.75, 3.05) is 7.11 Å². The second-order valence-electron chi connectivity index (χ2n) is 2.43. The minimum absolute atomic E-state index is 0.469. The first-order valence-corrected chi connectivity index (χ1v) is 3.62. The van der Waals surface area contributed by atoms with E-state index in [1.807, 2.05) is 18.2 Å². The molecule has 0 aliphatic heterocycles. The molecule has 0 saturated carbocycles. The molecule has 0 radical (unpaired) electrons. The second kappa shape index (κ2) is 3.88. The second-order valence-corrected chi connectivity index (χ2v) is 2.43. The zero-order valence-electron chi connectivity index (χ0n) is 6.86. The van der Waals surface area contributed by atoms with Gasteiger partial charge in [0.05, 0.1) is 0 Å². The lowest BCUT2D eigenvalue weighted by molar-refractivity contribution is -0.128. The van der Waals surface area contributed by atoms with Crippen LogP contribution in [-0.2, 0) is 9.53 Å². The molecule has 1 amide bonds. The summed E-state index contributed by atoms with van der Waals surface area (Å²) in [5.74, 6) is -0.469. The average Bonchev–Trinajstić information content (AvgIpc) is 2.07. The fraction of sp³-hybridized carbons (Fsp3) is 0.222. The molecular weight excluding hydrogens is 154 g/mol. The third-order valence-corrected chi connectivity index (χ3v) is 1.60. The number of rotatable bonds is 3. The van der Waals surface area contributed by atoms with E-state index in [4.69, 9.17) is 10.5 Å². The SMILES string of the molecule is CO[C@H](C(N)=O)c1ccccc1. The van der Waals surface area contributed by atoms with Gasteiger partial charge in [-0.3, -0.25) is 4.79 Å². The molecule has 1 aromatic carbocycles. The maximum atomic E-state index is 10.8. The van der Waals surface area contributed by atoms with Crippen LogP contribution < -0.4 is 5.73 Å². The predicted molar refractivity (Wildman–Crippen MR) is 45.4 cm³/mol. The maximum absolute atomic E-state index is 10.8. The Balaban J connectivity index is 2.88. The summed E-state index contributed by atoms with van der Waals surface area (Å²) >= 11 is 0. The molecule has 0 fully saturated rings. The minimum Gasteiger partial charge on any atom is -0.367 e. The fourth-order valence-electron chi connectivity index (χ4n) is 1.04. The summed E-state index contributed by atoms with van der Waals surface area (Å²) in [4.78, 5) is 10.8. The summed E-state index contributed by atoms with van der Waals surface area (Å²) in [6.45, 7) is 0. The molecule has 3 heteroatoms. The number of carbonyl (C=O) groups excluding carboxylic acids is 1. The van der Waals surface area contributed by atoms with E-state index < -0.39 is 12.0 Å². The molecule has 0 heterocycles. The monoisotopic (exact) mass is 165 g/mol. The van der Waals surface area contributed by atoms with Crippen LogP contribution in [0.2, 0.25) is 0 Å². The van der Waals surface area contributed by atoms with Crippen LogP contribution in [0.15, 0.2) is 30.3 Å². The molecule has 12 heavy (non-hydrogen) atoms. The van der Waals surface area contributed by atoms with Gasteiger partial charge in [-0.25, -0.2) is 0 Å². The van der Waals surface area contributed by atoms with Gasteiger partial charge in [0, 0.05) is 7.11 Å². The number of hydrogen-bond acceptors (Lipinski definition) is 2. The molecule has 0 spiro atoms. The van der Waals surface area contributed by atoms with E-state index in [0.717, 1.165) is 5.56 Å². The number of nitrogens with two attached hydrogens (primary N) is 1. The molecule has 0 aliphatic carbocycles. The maximum Gasteiger partial charge on any atom is 0.251 e. The summed E-state index contributed by atoms with van der Waals surface area (Å²) in [5.41, 5.74) is 5.90. The van der Waals surface area contributed by atoms with Crippen LogP contribution in [0.3, 0.4) is 0 Å². The van der Waals surface area contributed by atoms with Gasteiger partial charge in [-0.05, 0) is 5.56 Å². The van der Waals surface area contributed by atoms with Gasteiger partial charge in [-0.2, -0.15) is 0 Å². The molecule has 1 rings (SSSR count). The van der Waals surface area contributed by atoms with Crippen molar-refractivity contribution in [3.05, 3.63) is 35.9 Å². The zero-order chi connectivity index (χ0) is 8.97. The Hall–Kier alpha value is -1.35. The molecule has 0 unspecified atom stereocenters. The van der Waals surface area contributed by atoms with Crippen molar-refractivity contribution >= 4 is 5.91 Å². The van der Waals surface area contributed by atoms with Crippen molar-refractivity contribution in [2.24, 2.45) is 5.73 Å². The lowest BCUT2D eigenvalue weighted by atomic mass is 10.1. The Morgan fingerprint density at radius 2 is 2.00 bits per heavy atom. The number of methoxy groups -OCH3 is 1. The molecule has 3 nitrogen and oxygen atoms in total. The van der Waals surface area contributed by atoms with E-state index in [2.05, 4.69) is 0 Å². The van der Waals surface area contributed by atoms with Gasteiger partial charge in [-0.1, -0.05) is 30.3 Å². The zero-order valence-corrected chi connectivity index (χ0v) is 6.86. The molecule has 2 N–H and O–H groups in total. The van der Waals surface area contributed by atoms with Crippen LogP contribution >= 0.6 is 0 Å². The number of carbonyl (C=O) groups is 1. The highest BCUT2D eigenvalue weighted by molar-refractivity contribution is 5.80. The topological polar surface area (TPSA) is 52.3 Å². The first-order chi connectivity index (χ1) is 5.75. The predicted octanol–water partition coefficient (Wildman–Crippen LogP) is 0.859. The van der Waals surface area contributed by atoms with Crippen LogP contribution in [-0.4, -0.2) is 13.0 Å². The van der Waals surface area contributed by atoms with Gasteiger partial charge >= 0.3 is 0 Å². The third-order valence-electron chi connectivity index (χ3n) is 1.60. The summed E-state index contributed by atoms with van der Waals surface area (Å²) in [5, 5.41) is 0. The van der Waals surface area contributed by atoms with Crippen LogP contribution in [0, 0.1) is 0 Å². The number of hydrogen-bond donors (Lipinski definition) is 1. The van der Waals surface area contributed by atoms with Crippen molar-refractivity contribution in [2.45, 2.75) is 6.10 Å². The Morgan fingerprint density at radius 3 is 2.42 bits per heavy atom. The number of primary amides is 1. The molecular formula is C9H11NO2. The van der Waals surface area contributed by atoms with E-state index in [9.17, 15) is 4.79 Å². The lowest BCUT2D eigenvalue weighted by Crippen LogP contribution is -2.22. The molecule has 0 aromatic heterocycles. The first kappa shape index (κ1) is 8.74. The lowest BCUT2D eigenvalue weighted by Gasteiger charge is -2.10.